The van der Waals surface area contributed by atoms with Crippen LogP contribution in [0.15, 0.2) is 12.2 Å². The first kappa shape index (κ1) is 11.2. The van der Waals surface area contributed by atoms with Crippen molar-refractivity contribution < 1.29 is 17.9 Å². The maximum absolute atomic E-state index is 10.7. The molecule has 0 aromatic carbocycles. The molecule has 0 amide bonds. The molecule has 0 aromatic heterocycles. The Morgan fingerprint density at radius 2 is 2.00 bits per heavy atom. The first-order valence-corrected chi connectivity index (χ1v) is 5.36. The van der Waals surface area contributed by atoms with Gasteiger partial charge in [0.05, 0.1) is 12.9 Å². The second-order valence-electron chi connectivity index (χ2n) is 2.48. The van der Waals surface area contributed by atoms with Crippen LogP contribution in [0.2, 0.25) is 0 Å². The van der Waals surface area contributed by atoms with Gasteiger partial charge in [0.1, 0.15) is 9.84 Å². The van der Waals surface area contributed by atoms with Gasteiger partial charge in [-0.1, -0.05) is 6.58 Å². The van der Waals surface area contributed by atoms with Crippen LogP contribution in [0.25, 0.3) is 0 Å². The van der Waals surface area contributed by atoms with E-state index in [0.29, 0.717) is 0 Å². The van der Waals surface area contributed by atoms with Gasteiger partial charge in [-0.2, -0.15) is 0 Å². The zero-order chi connectivity index (χ0) is 9.78. The quantitative estimate of drug-likeness (QED) is 0.470. The molecule has 0 N–H and O–H groups in total. The van der Waals surface area contributed by atoms with Crippen molar-refractivity contribution in [2.24, 2.45) is 0 Å². The van der Waals surface area contributed by atoms with Crippen LogP contribution in [0.1, 0.15) is 6.42 Å². The molecule has 0 saturated heterocycles. The second kappa shape index (κ2) is 4.25. The standard InChI is InChI=1S/C7H12O4S/c1-6(7(8)11-2)4-5-12(3,9)10/h1,4-5H2,2-3H3. The zero-order valence-electron chi connectivity index (χ0n) is 7.16. The Hall–Kier alpha value is -0.840. The number of carbonyl (C=O) groups is 1. The van der Waals surface area contributed by atoms with Crippen molar-refractivity contribution in [3.8, 4) is 0 Å². The lowest BCUT2D eigenvalue weighted by atomic mass is 10.2. The Morgan fingerprint density at radius 1 is 1.50 bits per heavy atom. The van der Waals surface area contributed by atoms with E-state index in [1.165, 1.54) is 7.11 Å². The highest BCUT2D eigenvalue weighted by Crippen LogP contribution is 2.02. The van der Waals surface area contributed by atoms with Crippen LogP contribution in [0.5, 0.6) is 0 Å². The van der Waals surface area contributed by atoms with Crippen LogP contribution < -0.4 is 0 Å². The molecule has 0 fully saturated rings. The summed E-state index contributed by atoms with van der Waals surface area (Å²) in [7, 11) is -1.80. The van der Waals surface area contributed by atoms with Crippen molar-refractivity contribution in [2.45, 2.75) is 6.42 Å². The maximum Gasteiger partial charge on any atom is 0.333 e. The molecule has 0 aromatic rings. The Kier molecular flexibility index (Phi) is 3.95. The van der Waals surface area contributed by atoms with Crippen LogP contribution in [0, 0.1) is 0 Å². The molecule has 0 radical (unpaired) electrons. The third-order valence-electron chi connectivity index (χ3n) is 1.25. The van der Waals surface area contributed by atoms with Crippen molar-refractivity contribution >= 4 is 15.8 Å². The number of esters is 1. The van der Waals surface area contributed by atoms with E-state index in [2.05, 4.69) is 11.3 Å². The summed E-state index contributed by atoms with van der Waals surface area (Å²) in [4.78, 5) is 10.7. The van der Waals surface area contributed by atoms with Gasteiger partial charge in [0, 0.05) is 11.8 Å². The topological polar surface area (TPSA) is 60.4 Å². The van der Waals surface area contributed by atoms with Gasteiger partial charge >= 0.3 is 5.97 Å². The fourth-order valence-electron chi connectivity index (χ4n) is 0.555. The fourth-order valence-corrected chi connectivity index (χ4v) is 1.17. The van der Waals surface area contributed by atoms with Gasteiger partial charge in [0.2, 0.25) is 0 Å². The lowest BCUT2D eigenvalue weighted by molar-refractivity contribution is -0.136. The molecule has 0 aliphatic heterocycles. The Labute approximate surface area is 72.1 Å². The van der Waals surface area contributed by atoms with Crippen LogP contribution in [0.3, 0.4) is 0 Å². The predicted molar refractivity (Wildman–Crippen MR) is 45.5 cm³/mol. The lowest BCUT2D eigenvalue weighted by Gasteiger charge is -2.01. The molecule has 70 valence electrons. The Balaban J connectivity index is 3.97. The molecule has 5 heteroatoms. The third kappa shape index (κ3) is 4.90. The van der Waals surface area contributed by atoms with Crippen molar-refractivity contribution in [2.75, 3.05) is 19.1 Å². The minimum Gasteiger partial charge on any atom is -0.466 e. The zero-order valence-corrected chi connectivity index (χ0v) is 7.98. The summed E-state index contributed by atoms with van der Waals surface area (Å²) in [5.41, 5.74) is 0.183. The highest BCUT2D eigenvalue weighted by Gasteiger charge is 2.09. The average Bonchev–Trinajstić information content (AvgIpc) is 1.97. The number of ether oxygens (including phenoxy) is 1. The number of methoxy groups -OCH3 is 1. The summed E-state index contributed by atoms with van der Waals surface area (Å²) in [6, 6.07) is 0. The Bertz CT molecular complexity index is 276. The number of rotatable bonds is 4. The molecule has 0 heterocycles. The largest absolute Gasteiger partial charge is 0.466 e. The van der Waals surface area contributed by atoms with Crippen molar-refractivity contribution in [1.29, 1.82) is 0 Å². The number of hydrogen-bond donors (Lipinski definition) is 0. The molecule has 0 aliphatic carbocycles. The van der Waals surface area contributed by atoms with E-state index in [1.807, 2.05) is 0 Å². The second-order valence-corrected chi connectivity index (χ2v) is 4.73. The van der Waals surface area contributed by atoms with Gasteiger partial charge in [-0.05, 0) is 6.42 Å². The van der Waals surface area contributed by atoms with Gasteiger partial charge in [-0.25, -0.2) is 13.2 Å². The molecule has 12 heavy (non-hydrogen) atoms. The molecule has 0 saturated carbocycles. The minimum absolute atomic E-state index is 0.0685. The van der Waals surface area contributed by atoms with Gasteiger partial charge < -0.3 is 4.74 Å². The summed E-state index contributed by atoms with van der Waals surface area (Å²) < 4.78 is 25.7. The monoisotopic (exact) mass is 192 g/mol. The van der Waals surface area contributed by atoms with E-state index in [4.69, 9.17) is 0 Å². The van der Waals surface area contributed by atoms with Gasteiger partial charge in [0.25, 0.3) is 0 Å². The molecule has 0 unspecified atom stereocenters. The molecule has 0 atom stereocenters. The summed E-state index contributed by atoms with van der Waals surface area (Å²) in [5.74, 6) is -0.625. The third-order valence-corrected chi connectivity index (χ3v) is 2.19. The molecule has 0 spiro atoms. The summed E-state index contributed by atoms with van der Waals surface area (Å²) >= 11 is 0. The van der Waals surface area contributed by atoms with Crippen LogP contribution in [0.4, 0.5) is 0 Å². The maximum atomic E-state index is 10.7. The van der Waals surface area contributed by atoms with E-state index in [0.717, 1.165) is 6.26 Å². The van der Waals surface area contributed by atoms with Crippen LogP contribution in [-0.4, -0.2) is 33.5 Å². The van der Waals surface area contributed by atoms with E-state index < -0.39 is 15.8 Å². The average molecular weight is 192 g/mol. The van der Waals surface area contributed by atoms with Gasteiger partial charge in [0.15, 0.2) is 0 Å². The summed E-state index contributed by atoms with van der Waals surface area (Å²) in [6.45, 7) is 3.39. The van der Waals surface area contributed by atoms with Crippen molar-refractivity contribution in [1.82, 2.24) is 0 Å². The first-order valence-electron chi connectivity index (χ1n) is 3.30. The Morgan fingerprint density at radius 3 is 2.33 bits per heavy atom. The highest BCUT2D eigenvalue weighted by atomic mass is 32.2. The van der Waals surface area contributed by atoms with Gasteiger partial charge in [-0.15, -0.1) is 0 Å². The molecular formula is C7H12O4S. The van der Waals surface area contributed by atoms with E-state index in [9.17, 15) is 13.2 Å². The normalized spacial score (nSPS) is 10.8. The summed E-state index contributed by atoms with van der Waals surface area (Å²) in [5, 5.41) is 0. The number of carbonyl (C=O) groups excluding carboxylic acids is 1. The SMILES string of the molecule is C=C(CCS(C)(=O)=O)C(=O)OC. The first-order chi connectivity index (χ1) is 5.37. The van der Waals surface area contributed by atoms with Crippen molar-refractivity contribution in [3.05, 3.63) is 12.2 Å². The number of sulfone groups is 1. The highest BCUT2D eigenvalue weighted by molar-refractivity contribution is 7.90. The predicted octanol–water partition coefficient (Wildman–Crippen LogP) is 0.150. The fraction of sp³-hybridized carbons (Fsp3) is 0.571. The van der Waals surface area contributed by atoms with E-state index in [1.54, 1.807) is 0 Å². The van der Waals surface area contributed by atoms with E-state index >= 15 is 0 Å². The van der Waals surface area contributed by atoms with Crippen molar-refractivity contribution in [3.63, 3.8) is 0 Å². The summed E-state index contributed by atoms with van der Waals surface area (Å²) in [6.07, 6.45) is 1.24. The smallest absolute Gasteiger partial charge is 0.333 e. The van der Waals surface area contributed by atoms with Crippen LogP contribution >= 0.6 is 0 Å². The molecule has 0 bridgehead atoms. The molecule has 0 aliphatic rings. The minimum atomic E-state index is -3.03. The van der Waals surface area contributed by atoms with Gasteiger partial charge in [-0.3, -0.25) is 0 Å². The number of hydrogen-bond acceptors (Lipinski definition) is 4. The lowest BCUT2D eigenvalue weighted by Crippen LogP contribution is -2.09. The van der Waals surface area contributed by atoms with E-state index in [-0.39, 0.29) is 17.7 Å². The molecular weight excluding hydrogens is 180 g/mol. The van der Waals surface area contributed by atoms with Crippen LogP contribution in [-0.2, 0) is 19.4 Å². The molecule has 4 nitrogen and oxygen atoms in total. The molecule has 0 rings (SSSR count).